The van der Waals surface area contributed by atoms with Crippen LogP contribution >= 0.6 is 0 Å². The van der Waals surface area contributed by atoms with Gasteiger partial charge in [-0.05, 0) is 196 Å². The molecule has 7 amide bonds. The maximum Gasteiger partial charge on any atom is 0.257 e. The summed E-state index contributed by atoms with van der Waals surface area (Å²) in [4.78, 5) is 90.9. The van der Waals surface area contributed by atoms with Gasteiger partial charge in [-0.1, -0.05) is 50.6 Å². The van der Waals surface area contributed by atoms with Crippen molar-refractivity contribution in [3.8, 4) is 5.75 Å². The van der Waals surface area contributed by atoms with Crippen molar-refractivity contribution in [2.24, 2.45) is 11.5 Å². The molecule has 0 unspecified atom stereocenters. The molecular formula is C86H117N21O10. The van der Waals surface area contributed by atoms with Gasteiger partial charge in [0, 0.05) is 179 Å². The van der Waals surface area contributed by atoms with E-state index in [-0.39, 0.29) is 67.2 Å². The molecule has 626 valence electrons. The summed E-state index contributed by atoms with van der Waals surface area (Å²) in [6, 6.07) is 52.8. The molecule has 0 aromatic heterocycles. The summed E-state index contributed by atoms with van der Waals surface area (Å²) < 4.78 is 0. The van der Waals surface area contributed by atoms with Gasteiger partial charge in [-0.25, -0.2) is 0 Å². The number of aromatic hydroxyl groups is 1. The number of carbonyl (C=O) groups is 7. The summed E-state index contributed by atoms with van der Waals surface area (Å²) in [5, 5.41) is 42.0. The molecule has 9 aromatic rings. The topological polar surface area (TPSA) is 543 Å². The van der Waals surface area contributed by atoms with E-state index in [1.54, 1.807) is 120 Å². The van der Waals surface area contributed by atoms with Crippen molar-refractivity contribution in [3.05, 3.63) is 226 Å². The monoisotopic (exact) mass is 1600 g/mol. The zero-order chi connectivity index (χ0) is 86.3. The van der Waals surface area contributed by atoms with Gasteiger partial charge in [-0.15, -0.1) is 0 Å². The molecule has 2 fully saturated rings. The van der Waals surface area contributed by atoms with E-state index in [1.165, 1.54) is 58.6 Å². The average molecular weight is 1610 g/mol. The van der Waals surface area contributed by atoms with Gasteiger partial charge < -0.3 is 129 Å². The third kappa shape index (κ3) is 30.6. The normalized spacial score (nSPS) is 11.5. The number of carbonyl (C=O) groups excluding carboxylic acids is 7. The number of primary amides is 2. The minimum Gasteiger partial charge on any atom is -0.508 e. The molecule has 2 aliphatic rings. The van der Waals surface area contributed by atoms with Gasteiger partial charge in [0.15, 0.2) is 0 Å². The summed E-state index contributed by atoms with van der Waals surface area (Å²) in [6.45, 7) is 10.5. The van der Waals surface area contributed by atoms with Crippen molar-refractivity contribution in [1.29, 1.82) is 0 Å². The first-order chi connectivity index (χ1) is 55.8. The maximum absolute atomic E-state index is 12.4. The van der Waals surface area contributed by atoms with Crippen molar-refractivity contribution < 1.29 is 48.9 Å². The van der Waals surface area contributed by atoms with Crippen molar-refractivity contribution in [1.82, 2.24) is 20.0 Å². The summed E-state index contributed by atoms with van der Waals surface area (Å²) in [7, 11) is 8.55. The van der Waals surface area contributed by atoms with Crippen molar-refractivity contribution >= 4 is 127 Å². The molecule has 0 saturated carbocycles. The van der Waals surface area contributed by atoms with E-state index in [0.29, 0.717) is 96.8 Å². The molecule has 9 aromatic carbocycles. The van der Waals surface area contributed by atoms with E-state index >= 15 is 0 Å². The maximum atomic E-state index is 12.4. The minimum absolute atomic E-state index is 0.0837. The summed E-state index contributed by atoms with van der Waals surface area (Å²) in [5.74, 6) is -1.77. The van der Waals surface area contributed by atoms with Gasteiger partial charge in [-0.2, -0.15) is 0 Å². The van der Waals surface area contributed by atoms with Gasteiger partial charge in [0.25, 0.3) is 41.4 Å². The van der Waals surface area contributed by atoms with Crippen molar-refractivity contribution in [3.63, 3.8) is 0 Å². The first-order valence-electron chi connectivity index (χ1n) is 38.2. The van der Waals surface area contributed by atoms with Crippen LogP contribution in [-0.4, -0.2) is 172 Å². The molecule has 11 rings (SSSR count). The summed E-state index contributed by atoms with van der Waals surface area (Å²) in [5.41, 5.74) is 75.2. The Kier molecular flexibility index (Phi) is 38.7. The van der Waals surface area contributed by atoms with Gasteiger partial charge >= 0.3 is 0 Å². The Hall–Kier alpha value is -13.8. The molecule has 0 radical (unpaired) electrons. The standard InChI is InChI=1S/C18H21N3O.C17H19N3O2.C11H17N3O3.C11H17N3O.2C10H15N3O.C9H13N3O/c19-17-9-8-15(21-10-4-5-11-21)12-16(17)18(22)20-13-14-6-2-1-3-7-14;18-16-8-5-13(20-9-1-2-10-20)11-15(16)17(22)19-12-3-6-14(21)7-4-12;12-8-1-2-10(13)9(7-8)11(17)14(3-5-15)4-6-16;1-2-3-6-14-8-4-5-10(12)9(7-8)11(13)15;1-12-7-4-5-9(11)8(6-7)10(14)13(2)3;1-2-5-13-7-3-4-9(11)8(6-7)10(12)14;1-12(2)9(13)7-5-6(10)3-4-8(7)11/h1-3,6-9,12H,4-5,10-11,13,19H2,(H,20,22);3-8,11,21H,1-2,9-10,18H2,(H,19,22);1-2,7,15-16H,3-6,12-13H2;4-5,7,14H,2-3,6,12H2,1H3,(H2,13,15);4-6,12H,11H2,1-3H3;3-4,6,13H,2,5,11H2,1H3,(H2,12,14);3-5H,10-11H2,1-2H3. The van der Waals surface area contributed by atoms with E-state index in [2.05, 4.69) is 50.2 Å². The van der Waals surface area contributed by atoms with Crippen LogP contribution in [0.3, 0.4) is 0 Å². The lowest BCUT2D eigenvalue weighted by molar-refractivity contribution is 0.0685. The van der Waals surface area contributed by atoms with E-state index in [1.807, 2.05) is 78.9 Å². The zero-order valence-electron chi connectivity index (χ0n) is 67.8. The summed E-state index contributed by atoms with van der Waals surface area (Å²) >= 11 is 0. The molecule has 0 bridgehead atoms. The number of hydrogen-bond donors (Lipinski definition) is 19. The highest BCUT2D eigenvalue weighted by molar-refractivity contribution is 6.09. The number of nitrogen functional groups attached to an aromatic ring is 9. The van der Waals surface area contributed by atoms with E-state index in [4.69, 9.17) is 73.3 Å². The van der Waals surface area contributed by atoms with Crippen LogP contribution < -0.4 is 99.5 Å². The molecule has 2 heterocycles. The molecule has 30 N–H and O–H groups in total. The number of phenolic OH excluding ortho intramolecular Hbond substituents is 1. The lowest BCUT2D eigenvalue weighted by atomic mass is 10.1. The number of unbranched alkanes of at least 4 members (excludes halogenated alkanes) is 1. The molecule has 0 aliphatic carbocycles. The Labute approximate surface area is 684 Å². The second-order valence-electron chi connectivity index (χ2n) is 27.5. The highest BCUT2D eigenvalue weighted by Crippen LogP contribution is 2.29. The Morgan fingerprint density at radius 2 is 0.786 bits per heavy atom. The fourth-order valence-electron chi connectivity index (χ4n) is 11.5. The number of rotatable bonds is 24. The fourth-order valence-corrected chi connectivity index (χ4v) is 11.5. The molecule has 2 aliphatic heterocycles. The average Bonchev–Trinajstić information content (AvgIpc) is 1.81. The van der Waals surface area contributed by atoms with Crippen molar-refractivity contribution in [2.45, 2.75) is 65.3 Å². The second kappa shape index (κ2) is 48.3. The lowest BCUT2D eigenvalue weighted by Gasteiger charge is -2.21. The number of aliphatic hydroxyl groups is 2. The molecule has 117 heavy (non-hydrogen) atoms. The predicted octanol–water partition coefficient (Wildman–Crippen LogP) is 9.24. The van der Waals surface area contributed by atoms with Crippen molar-refractivity contribution in [2.75, 3.05) is 183 Å². The van der Waals surface area contributed by atoms with Crippen LogP contribution in [0.1, 0.15) is 137 Å². The number of amides is 7. The first kappa shape index (κ1) is 93.8. The lowest BCUT2D eigenvalue weighted by Crippen LogP contribution is -2.36. The molecule has 31 heteroatoms. The third-order valence-electron chi connectivity index (χ3n) is 18.0. The molecular weight excluding hydrogens is 1490 g/mol. The minimum atomic E-state index is -0.498. The Morgan fingerprint density at radius 1 is 0.410 bits per heavy atom. The Balaban J connectivity index is 0.000000246. The molecule has 2 saturated heterocycles. The predicted molar refractivity (Wildman–Crippen MR) is 476 cm³/mol. The highest BCUT2D eigenvalue weighted by atomic mass is 16.3. The van der Waals surface area contributed by atoms with Crippen LogP contribution in [0.2, 0.25) is 0 Å². The second-order valence-corrected chi connectivity index (χ2v) is 27.5. The van der Waals surface area contributed by atoms with Crippen LogP contribution in [0.15, 0.2) is 182 Å². The SMILES string of the molecule is CCCCNc1ccc(N)c(C(N)=O)c1.CCCNc1ccc(N)c(C(N)=O)c1.CN(C)C(=O)c1cc(N)ccc1N.CNc1ccc(N)c(C(=O)N(C)C)c1.Nc1ccc(N)c(C(=O)N(CCO)CCO)c1.Nc1ccc(N2CCCC2)cc1C(=O)NCc1ccccc1.Nc1ccc(N2CCCC2)cc1C(=O)Nc1ccc(O)cc1. The third-order valence-corrected chi connectivity index (χ3v) is 18.0. The number of nitrogens with two attached hydrogens (primary N) is 11. The van der Waals surface area contributed by atoms with E-state index in [9.17, 15) is 38.7 Å². The van der Waals surface area contributed by atoms with E-state index in [0.717, 1.165) is 92.5 Å². The smallest absolute Gasteiger partial charge is 0.257 e. The van der Waals surface area contributed by atoms with E-state index < -0.39 is 11.8 Å². The largest absolute Gasteiger partial charge is 0.508 e. The Morgan fingerprint density at radius 3 is 1.21 bits per heavy atom. The van der Waals surface area contributed by atoms with Gasteiger partial charge in [-0.3, -0.25) is 33.6 Å². The molecule has 0 atom stereocenters. The Bertz CT molecular complexity index is 4710. The number of hydrogen-bond acceptors (Lipinski definition) is 24. The van der Waals surface area contributed by atoms with Gasteiger partial charge in [0.2, 0.25) is 0 Å². The first-order valence-corrected chi connectivity index (χ1v) is 38.2. The number of anilines is 15. The van der Waals surface area contributed by atoms with Crippen LogP contribution in [0, 0.1) is 0 Å². The quantitative estimate of drug-likeness (QED) is 0.0152. The van der Waals surface area contributed by atoms with Gasteiger partial charge in [0.05, 0.1) is 52.2 Å². The zero-order valence-corrected chi connectivity index (χ0v) is 67.8. The number of benzene rings is 9. The fraction of sp³-hybridized carbons (Fsp3) is 0.291. The number of nitrogens with zero attached hydrogens (tertiary/aromatic N) is 5. The van der Waals surface area contributed by atoms with Gasteiger partial charge in [0.1, 0.15) is 5.75 Å². The molecule has 31 nitrogen and oxygen atoms in total. The number of nitrogens with one attached hydrogen (secondary N) is 5. The van der Waals surface area contributed by atoms with Crippen LogP contribution in [0.4, 0.5) is 85.3 Å². The number of aliphatic hydroxyl groups excluding tert-OH is 2. The van der Waals surface area contributed by atoms with Crippen LogP contribution in [0.5, 0.6) is 5.75 Å². The highest BCUT2D eigenvalue weighted by Gasteiger charge is 2.22. The molecule has 0 spiro atoms. The number of phenols is 1. The van der Waals surface area contributed by atoms with Crippen LogP contribution in [-0.2, 0) is 6.54 Å². The van der Waals surface area contributed by atoms with Crippen LogP contribution in [0.25, 0.3) is 0 Å². The summed E-state index contributed by atoms with van der Waals surface area (Å²) in [6.07, 6.45) is 8.02.